The van der Waals surface area contributed by atoms with Gasteiger partial charge in [0.25, 0.3) is 11.8 Å². The lowest BCUT2D eigenvalue weighted by Crippen LogP contribution is -2.57. The Morgan fingerprint density at radius 2 is 1.59 bits per heavy atom. The number of hydrogen-bond acceptors (Lipinski definition) is 5. The van der Waals surface area contributed by atoms with Crippen LogP contribution in [0.2, 0.25) is 0 Å². The van der Waals surface area contributed by atoms with Crippen molar-refractivity contribution in [1.82, 2.24) is 14.7 Å². The monoisotopic (exact) mass is 526 g/mol. The molecule has 8 nitrogen and oxygen atoms in total. The number of ether oxygens (including phenoxy) is 1. The molecule has 2 fully saturated rings. The van der Waals surface area contributed by atoms with E-state index in [2.05, 4.69) is 4.90 Å². The van der Waals surface area contributed by atoms with E-state index in [1.54, 1.807) is 47.1 Å². The predicted octanol–water partition coefficient (Wildman–Crippen LogP) is 3.63. The largest absolute Gasteiger partial charge is 0.497 e. The van der Waals surface area contributed by atoms with Crippen LogP contribution in [0.1, 0.15) is 28.8 Å². The minimum absolute atomic E-state index is 0.0136. The van der Waals surface area contributed by atoms with Crippen molar-refractivity contribution in [3.05, 3.63) is 96.1 Å². The van der Waals surface area contributed by atoms with E-state index in [0.29, 0.717) is 50.5 Å². The van der Waals surface area contributed by atoms with Gasteiger partial charge in [0, 0.05) is 37.9 Å². The molecule has 202 valence electrons. The molecule has 3 amide bonds. The van der Waals surface area contributed by atoms with Crippen LogP contribution >= 0.6 is 0 Å². The molecule has 0 N–H and O–H groups in total. The summed E-state index contributed by atoms with van der Waals surface area (Å²) >= 11 is 0. The Kier molecular flexibility index (Phi) is 7.54. The van der Waals surface area contributed by atoms with Crippen molar-refractivity contribution in [2.24, 2.45) is 0 Å². The molecule has 2 aliphatic heterocycles. The number of benzene rings is 3. The number of likely N-dealkylation sites (N-methyl/N-ethyl adjacent to an activating group) is 1. The highest BCUT2D eigenvalue weighted by atomic mass is 16.5. The summed E-state index contributed by atoms with van der Waals surface area (Å²) in [6.07, 6.45) is 0.974. The summed E-state index contributed by atoms with van der Waals surface area (Å²) < 4.78 is 5.28. The van der Waals surface area contributed by atoms with Gasteiger partial charge in [-0.3, -0.25) is 14.4 Å². The molecule has 2 aliphatic rings. The van der Waals surface area contributed by atoms with E-state index in [4.69, 9.17) is 4.74 Å². The van der Waals surface area contributed by atoms with Crippen molar-refractivity contribution in [2.75, 3.05) is 45.4 Å². The van der Waals surface area contributed by atoms with Crippen LogP contribution in [-0.2, 0) is 16.1 Å². The third-order valence-corrected chi connectivity index (χ3v) is 7.79. The van der Waals surface area contributed by atoms with E-state index in [9.17, 15) is 14.4 Å². The molecular formula is C31H34N4O4. The second-order valence-corrected chi connectivity index (χ2v) is 10.2. The molecule has 3 aromatic carbocycles. The van der Waals surface area contributed by atoms with Gasteiger partial charge in [-0.25, -0.2) is 0 Å². The number of nitrogens with zero attached hydrogens (tertiary/aromatic N) is 4. The maximum atomic E-state index is 14.0. The van der Waals surface area contributed by atoms with Gasteiger partial charge in [-0.05, 0) is 48.7 Å². The van der Waals surface area contributed by atoms with Gasteiger partial charge in [-0.1, -0.05) is 54.6 Å². The third-order valence-electron chi connectivity index (χ3n) is 7.79. The smallest absolute Gasteiger partial charge is 0.253 e. The van der Waals surface area contributed by atoms with E-state index in [1.807, 2.05) is 66.7 Å². The Hall–Kier alpha value is -4.33. The van der Waals surface area contributed by atoms with Crippen LogP contribution in [0.15, 0.2) is 84.9 Å². The van der Waals surface area contributed by atoms with Crippen LogP contribution in [0.5, 0.6) is 5.75 Å². The maximum Gasteiger partial charge on any atom is 0.253 e. The molecule has 8 heteroatoms. The zero-order valence-corrected chi connectivity index (χ0v) is 22.5. The number of rotatable bonds is 7. The number of carbonyl (C=O) groups is 3. The zero-order chi connectivity index (χ0) is 27.4. The minimum Gasteiger partial charge on any atom is -0.497 e. The number of para-hydroxylation sites is 1. The number of anilines is 1. The first kappa shape index (κ1) is 26.3. The summed E-state index contributed by atoms with van der Waals surface area (Å²) in [6.45, 7) is 1.72. The van der Waals surface area contributed by atoms with Gasteiger partial charge in [0.05, 0.1) is 13.8 Å². The lowest BCUT2D eigenvalue weighted by molar-refractivity contribution is -0.140. The fourth-order valence-corrected chi connectivity index (χ4v) is 5.57. The molecule has 0 aromatic heterocycles. The lowest BCUT2D eigenvalue weighted by atomic mass is 9.85. The Bertz CT molecular complexity index is 1320. The molecule has 2 saturated heterocycles. The average molecular weight is 527 g/mol. The van der Waals surface area contributed by atoms with Crippen molar-refractivity contribution >= 4 is 23.4 Å². The number of likely N-dealkylation sites (tertiary alicyclic amines) is 1. The highest BCUT2D eigenvalue weighted by Gasteiger charge is 2.54. The molecule has 0 atom stereocenters. The van der Waals surface area contributed by atoms with Gasteiger partial charge in [0.15, 0.2) is 0 Å². The van der Waals surface area contributed by atoms with Crippen LogP contribution in [0.4, 0.5) is 5.69 Å². The molecule has 1 spiro atoms. The van der Waals surface area contributed by atoms with Crippen LogP contribution < -0.4 is 9.64 Å². The van der Waals surface area contributed by atoms with Crippen molar-refractivity contribution in [3.63, 3.8) is 0 Å². The van der Waals surface area contributed by atoms with Gasteiger partial charge in [-0.2, -0.15) is 0 Å². The first-order valence-electron chi connectivity index (χ1n) is 13.2. The molecular weight excluding hydrogens is 492 g/mol. The normalized spacial score (nSPS) is 16.5. The van der Waals surface area contributed by atoms with Gasteiger partial charge in [0.2, 0.25) is 5.91 Å². The number of methoxy groups -OCH3 is 1. The topological polar surface area (TPSA) is 73.4 Å². The summed E-state index contributed by atoms with van der Waals surface area (Å²) in [5, 5.41) is 0. The van der Waals surface area contributed by atoms with Gasteiger partial charge in [0.1, 0.15) is 17.8 Å². The van der Waals surface area contributed by atoms with E-state index in [0.717, 1.165) is 11.3 Å². The highest BCUT2D eigenvalue weighted by Crippen LogP contribution is 2.39. The van der Waals surface area contributed by atoms with Crippen molar-refractivity contribution in [2.45, 2.75) is 24.9 Å². The second-order valence-electron chi connectivity index (χ2n) is 10.2. The second kappa shape index (κ2) is 11.2. The lowest BCUT2D eigenvalue weighted by Gasteiger charge is -2.43. The average Bonchev–Trinajstić information content (AvgIpc) is 3.24. The Morgan fingerprint density at radius 3 is 2.26 bits per heavy atom. The molecule has 0 aliphatic carbocycles. The van der Waals surface area contributed by atoms with Crippen LogP contribution in [-0.4, -0.2) is 78.4 Å². The Balaban J connectivity index is 1.32. The standard InChI is InChI=1S/C31H34N4O4/c1-32(21-24-10-5-3-6-11-24)28(36)22-34-23-35(26-13-7-4-8-14-26)31(30(34)38)16-18-33(19-17-31)29(37)25-12-9-15-27(20-25)39-2/h3-15,20H,16-19,21-23H2,1-2H3. The zero-order valence-electron chi connectivity index (χ0n) is 22.5. The summed E-state index contributed by atoms with van der Waals surface area (Å²) in [5.74, 6) is 0.396. The van der Waals surface area contributed by atoms with Crippen LogP contribution in [0.3, 0.4) is 0 Å². The third kappa shape index (κ3) is 5.32. The molecule has 2 heterocycles. The fraction of sp³-hybridized carbons (Fsp3) is 0.323. The number of hydrogen-bond donors (Lipinski definition) is 0. The van der Waals surface area contributed by atoms with E-state index >= 15 is 0 Å². The van der Waals surface area contributed by atoms with Crippen LogP contribution in [0, 0.1) is 0 Å². The first-order valence-corrected chi connectivity index (χ1v) is 13.2. The maximum absolute atomic E-state index is 14.0. The van der Waals surface area contributed by atoms with Crippen molar-refractivity contribution < 1.29 is 19.1 Å². The molecule has 0 radical (unpaired) electrons. The number of piperidine rings is 1. The molecule has 0 unspecified atom stereocenters. The van der Waals surface area contributed by atoms with Crippen molar-refractivity contribution in [3.8, 4) is 5.75 Å². The Labute approximate surface area is 229 Å². The van der Waals surface area contributed by atoms with E-state index in [1.165, 1.54) is 0 Å². The van der Waals surface area contributed by atoms with Gasteiger partial charge < -0.3 is 24.3 Å². The molecule has 39 heavy (non-hydrogen) atoms. The molecule has 3 aromatic rings. The molecule has 0 saturated carbocycles. The summed E-state index contributed by atoms with van der Waals surface area (Å²) in [6, 6.07) is 26.8. The fourth-order valence-electron chi connectivity index (χ4n) is 5.57. The Morgan fingerprint density at radius 1 is 0.923 bits per heavy atom. The predicted molar refractivity (Wildman–Crippen MR) is 149 cm³/mol. The van der Waals surface area contributed by atoms with E-state index < -0.39 is 5.54 Å². The van der Waals surface area contributed by atoms with Gasteiger partial charge >= 0.3 is 0 Å². The first-order chi connectivity index (χ1) is 18.9. The van der Waals surface area contributed by atoms with Gasteiger partial charge in [-0.15, -0.1) is 0 Å². The minimum atomic E-state index is -0.801. The highest BCUT2D eigenvalue weighted by molar-refractivity contribution is 5.98. The molecule has 5 rings (SSSR count). The quantitative estimate of drug-likeness (QED) is 0.470. The summed E-state index contributed by atoms with van der Waals surface area (Å²) in [7, 11) is 3.34. The SMILES string of the molecule is COc1cccc(C(=O)N2CCC3(CC2)C(=O)N(CC(=O)N(C)Cc2ccccc2)CN3c2ccccc2)c1. The summed E-state index contributed by atoms with van der Waals surface area (Å²) in [4.78, 5) is 47.7. The number of amides is 3. The van der Waals surface area contributed by atoms with E-state index in [-0.39, 0.29) is 24.3 Å². The van der Waals surface area contributed by atoms with Crippen molar-refractivity contribution in [1.29, 1.82) is 0 Å². The number of carbonyl (C=O) groups excluding carboxylic acids is 3. The van der Waals surface area contributed by atoms with Crippen LogP contribution in [0.25, 0.3) is 0 Å². The molecule has 0 bridgehead atoms. The summed E-state index contributed by atoms with van der Waals surface area (Å²) in [5.41, 5.74) is 1.74.